The summed E-state index contributed by atoms with van der Waals surface area (Å²) in [6.07, 6.45) is 0. The fourth-order valence-corrected chi connectivity index (χ4v) is 3.17. The highest BCUT2D eigenvalue weighted by Crippen LogP contribution is 2.26. The Labute approximate surface area is 151 Å². The Balaban J connectivity index is 1.95. The first kappa shape index (κ1) is 17.6. The maximum atomic E-state index is 13.2. The van der Waals surface area contributed by atoms with E-state index in [0.717, 1.165) is 31.7 Å². The summed E-state index contributed by atoms with van der Waals surface area (Å²) in [5.74, 6) is -0.990. The summed E-state index contributed by atoms with van der Waals surface area (Å²) in [6.45, 7) is 3.14. The van der Waals surface area contributed by atoms with Crippen LogP contribution in [0.25, 0.3) is 0 Å². The number of hydrogen-bond donors (Lipinski definition) is 2. The van der Waals surface area contributed by atoms with E-state index in [2.05, 4.69) is 10.2 Å². The minimum atomic E-state index is -0.977. The molecule has 1 saturated heterocycles. The van der Waals surface area contributed by atoms with Crippen molar-refractivity contribution in [3.63, 3.8) is 0 Å². The SMILES string of the molecule is O=C(O)c1ccc(C(C(=O)c2ccc(Cl)cc2)N2CCNCC2)cc1. The number of piperazine rings is 1. The van der Waals surface area contributed by atoms with Crippen LogP contribution in [0.15, 0.2) is 48.5 Å². The minimum absolute atomic E-state index is 0.0124. The van der Waals surface area contributed by atoms with Crippen molar-refractivity contribution in [3.05, 3.63) is 70.2 Å². The lowest BCUT2D eigenvalue weighted by Gasteiger charge is -2.34. The third-order valence-corrected chi connectivity index (χ3v) is 4.62. The molecule has 2 N–H and O–H groups in total. The van der Waals surface area contributed by atoms with Crippen molar-refractivity contribution in [2.45, 2.75) is 6.04 Å². The van der Waals surface area contributed by atoms with Crippen LogP contribution in [0.3, 0.4) is 0 Å². The van der Waals surface area contributed by atoms with Gasteiger partial charge in [0.15, 0.2) is 5.78 Å². The summed E-state index contributed by atoms with van der Waals surface area (Å²) >= 11 is 5.92. The summed E-state index contributed by atoms with van der Waals surface area (Å²) in [5, 5.41) is 12.9. The number of carboxylic acid groups (broad SMARTS) is 1. The van der Waals surface area contributed by atoms with Gasteiger partial charge >= 0.3 is 5.97 Å². The van der Waals surface area contributed by atoms with E-state index in [1.54, 1.807) is 48.5 Å². The lowest BCUT2D eigenvalue weighted by molar-refractivity contribution is 0.0696. The zero-order valence-electron chi connectivity index (χ0n) is 13.6. The molecule has 1 unspecified atom stereocenters. The molecule has 2 aromatic carbocycles. The summed E-state index contributed by atoms with van der Waals surface area (Å²) in [6, 6.07) is 13.0. The molecule has 1 fully saturated rings. The van der Waals surface area contributed by atoms with Gasteiger partial charge in [-0.25, -0.2) is 4.79 Å². The summed E-state index contributed by atoms with van der Waals surface area (Å²) < 4.78 is 0. The second-order valence-corrected chi connectivity index (χ2v) is 6.42. The zero-order chi connectivity index (χ0) is 17.8. The summed E-state index contributed by atoms with van der Waals surface area (Å²) in [4.78, 5) is 26.4. The zero-order valence-corrected chi connectivity index (χ0v) is 14.4. The molecule has 130 valence electrons. The number of nitrogens with one attached hydrogen (secondary N) is 1. The van der Waals surface area contributed by atoms with Gasteiger partial charge in [-0.1, -0.05) is 23.7 Å². The van der Waals surface area contributed by atoms with E-state index in [4.69, 9.17) is 16.7 Å². The third-order valence-electron chi connectivity index (χ3n) is 4.37. The molecule has 0 aliphatic carbocycles. The van der Waals surface area contributed by atoms with Crippen LogP contribution < -0.4 is 5.32 Å². The standard InChI is InChI=1S/C19H19ClN2O3/c20-16-7-5-14(6-8-16)18(23)17(22-11-9-21-10-12-22)13-1-3-15(4-2-13)19(24)25/h1-8,17,21H,9-12H2,(H,24,25). The summed E-state index contributed by atoms with van der Waals surface area (Å²) in [5.41, 5.74) is 1.60. The minimum Gasteiger partial charge on any atom is -0.478 e. The highest BCUT2D eigenvalue weighted by Gasteiger charge is 2.29. The Hall–Kier alpha value is -2.21. The van der Waals surface area contributed by atoms with E-state index in [9.17, 15) is 9.59 Å². The molecule has 1 atom stereocenters. The van der Waals surface area contributed by atoms with Gasteiger partial charge in [-0.2, -0.15) is 0 Å². The molecule has 0 spiro atoms. The highest BCUT2D eigenvalue weighted by atomic mass is 35.5. The molecule has 3 rings (SSSR count). The second kappa shape index (κ2) is 7.78. The van der Waals surface area contributed by atoms with Crippen molar-refractivity contribution in [3.8, 4) is 0 Å². The first-order chi connectivity index (χ1) is 12.1. The van der Waals surface area contributed by atoms with Crippen molar-refractivity contribution in [1.29, 1.82) is 0 Å². The average Bonchev–Trinajstić information content (AvgIpc) is 2.64. The van der Waals surface area contributed by atoms with Gasteiger partial charge in [-0.05, 0) is 42.0 Å². The Morgan fingerprint density at radius 1 is 0.960 bits per heavy atom. The normalized spacial score (nSPS) is 16.4. The third kappa shape index (κ3) is 4.07. The van der Waals surface area contributed by atoms with Crippen LogP contribution in [0.4, 0.5) is 0 Å². The first-order valence-electron chi connectivity index (χ1n) is 8.14. The molecule has 0 amide bonds. The highest BCUT2D eigenvalue weighted by molar-refractivity contribution is 6.30. The van der Waals surface area contributed by atoms with Crippen LogP contribution >= 0.6 is 11.6 Å². The maximum absolute atomic E-state index is 13.2. The number of carboxylic acids is 1. The number of carbonyl (C=O) groups is 2. The van der Waals surface area contributed by atoms with Gasteiger partial charge in [-0.15, -0.1) is 0 Å². The Kier molecular flexibility index (Phi) is 5.48. The molecule has 0 aromatic heterocycles. The topological polar surface area (TPSA) is 69.6 Å². The predicted octanol–water partition coefficient (Wildman–Crippen LogP) is 2.87. The van der Waals surface area contributed by atoms with Crippen molar-refractivity contribution < 1.29 is 14.7 Å². The first-order valence-corrected chi connectivity index (χ1v) is 8.52. The smallest absolute Gasteiger partial charge is 0.335 e. The molecule has 5 nitrogen and oxygen atoms in total. The molecule has 1 heterocycles. The second-order valence-electron chi connectivity index (χ2n) is 5.99. The molecule has 25 heavy (non-hydrogen) atoms. The fourth-order valence-electron chi connectivity index (χ4n) is 3.05. The van der Waals surface area contributed by atoms with Gasteiger partial charge < -0.3 is 10.4 Å². The van der Waals surface area contributed by atoms with Crippen LogP contribution in [0.2, 0.25) is 5.02 Å². The number of ketones is 1. The molecule has 0 bridgehead atoms. The van der Waals surface area contributed by atoms with Crippen molar-refractivity contribution in [1.82, 2.24) is 10.2 Å². The number of aromatic carboxylic acids is 1. The van der Waals surface area contributed by atoms with Crippen molar-refractivity contribution in [2.75, 3.05) is 26.2 Å². The van der Waals surface area contributed by atoms with E-state index in [0.29, 0.717) is 10.6 Å². The quantitative estimate of drug-likeness (QED) is 0.804. The number of rotatable bonds is 5. The molecule has 1 aliphatic rings. The molecule has 1 aliphatic heterocycles. The fraction of sp³-hybridized carbons (Fsp3) is 0.263. The van der Waals surface area contributed by atoms with Crippen LogP contribution in [-0.2, 0) is 0 Å². The van der Waals surface area contributed by atoms with Crippen LogP contribution in [0, 0.1) is 0 Å². The van der Waals surface area contributed by atoms with Gasteiger partial charge in [0.05, 0.1) is 11.6 Å². The van der Waals surface area contributed by atoms with Crippen LogP contribution in [-0.4, -0.2) is 47.9 Å². The number of hydrogen-bond acceptors (Lipinski definition) is 4. The number of carbonyl (C=O) groups excluding carboxylic acids is 1. The molecular formula is C19H19ClN2O3. The molecule has 2 aromatic rings. The number of halogens is 1. The largest absolute Gasteiger partial charge is 0.478 e. The van der Waals surface area contributed by atoms with Gasteiger partial charge in [0.1, 0.15) is 0 Å². The lowest BCUT2D eigenvalue weighted by Crippen LogP contribution is -2.47. The Morgan fingerprint density at radius 2 is 1.52 bits per heavy atom. The number of benzene rings is 2. The lowest BCUT2D eigenvalue weighted by atomic mass is 9.94. The van der Waals surface area contributed by atoms with Crippen LogP contribution in [0.5, 0.6) is 0 Å². The molecule has 6 heteroatoms. The maximum Gasteiger partial charge on any atom is 0.335 e. The number of nitrogens with zero attached hydrogens (tertiary/aromatic N) is 1. The van der Waals surface area contributed by atoms with Crippen molar-refractivity contribution >= 4 is 23.4 Å². The predicted molar refractivity (Wildman–Crippen MR) is 96.4 cm³/mol. The van der Waals surface area contributed by atoms with E-state index < -0.39 is 12.0 Å². The van der Waals surface area contributed by atoms with E-state index >= 15 is 0 Å². The molecular weight excluding hydrogens is 340 g/mol. The van der Waals surface area contributed by atoms with E-state index in [1.165, 1.54) is 0 Å². The van der Waals surface area contributed by atoms with Gasteiger partial charge in [-0.3, -0.25) is 9.69 Å². The average molecular weight is 359 g/mol. The van der Waals surface area contributed by atoms with E-state index in [1.807, 2.05) is 0 Å². The Bertz CT molecular complexity index is 753. The van der Waals surface area contributed by atoms with E-state index in [-0.39, 0.29) is 11.3 Å². The van der Waals surface area contributed by atoms with Crippen LogP contribution in [0.1, 0.15) is 32.3 Å². The summed E-state index contributed by atoms with van der Waals surface area (Å²) in [7, 11) is 0. The monoisotopic (exact) mass is 358 g/mol. The molecule has 0 radical (unpaired) electrons. The Morgan fingerprint density at radius 3 is 2.08 bits per heavy atom. The van der Waals surface area contributed by atoms with Gasteiger partial charge in [0, 0.05) is 36.8 Å². The molecule has 0 saturated carbocycles. The number of Topliss-reactive ketones (excluding diaryl/α,β-unsaturated/α-hetero) is 1. The van der Waals surface area contributed by atoms with Crippen molar-refractivity contribution in [2.24, 2.45) is 0 Å². The van der Waals surface area contributed by atoms with Gasteiger partial charge in [0.2, 0.25) is 0 Å². The van der Waals surface area contributed by atoms with Gasteiger partial charge in [0.25, 0.3) is 0 Å².